The molecule has 0 spiro atoms. The molecule has 0 atom stereocenters. The molecule has 17 rings (SSSR count). The van der Waals surface area contributed by atoms with Crippen LogP contribution in [-0.2, 0) is 53.9 Å². The van der Waals surface area contributed by atoms with Crippen molar-refractivity contribution < 1.29 is 27.4 Å². The van der Waals surface area contributed by atoms with Gasteiger partial charge in [-0.3, -0.25) is 30.1 Å². The highest BCUT2D eigenvalue weighted by atomic mass is 15.5. The van der Waals surface area contributed by atoms with Crippen LogP contribution in [0.2, 0.25) is 0 Å². The molecule has 0 radical (unpaired) electrons. The van der Waals surface area contributed by atoms with Crippen molar-refractivity contribution in [1.29, 1.82) is 0 Å². The van der Waals surface area contributed by atoms with Crippen LogP contribution in [0.4, 0.5) is 34.1 Å². The zero-order valence-electron chi connectivity index (χ0n) is 81.7. The summed E-state index contributed by atoms with van der Waals surface area (Å²) in [5, 5.41) is 40.3. The summed E-state index contributed by atoms with van der Waals surface area (Å²) >= 11 is 0. The van der Waals surface area contributed by atoms with E-state index in [0.717, 1.165) is 128 Å². The van der Waals surface area contributed by atoms with Gasteiger partial charge in [-0.1, -0.05) is 261 Å². The minimum absolute atomic E-state index is 0.716. The summed E-state index contributed by atoms with van der Waals surface area (Å²) in [5.74, 6) is 0. The second kappa shape index (κ2) is 53.7. The summed E-state index contributed by atoms with van der Waals surface area (Å²) in [6.45, 7) is 16.2. The van der Waals surface area contributed by atoms with Crippen molar-refractivity contribution in [3.8, 4) is 0 Å². The maximum absolute atomic E-state index is 5.04. The van der Waals surface area contributed by atoms with Crippen LogP contribution in [-0.4, -0.2) is 62.5 Å². The summed E-state index contributed by atoms with van der Waals surface area (Å²) in [4.78, 5) is 0. The standard InChI is InChI=1S/C27H26N3.3C21H22N3.2C15H18N3/c1-23(27-19-11-12-20-29(27)21-24-13-5-2-6-14-24)28-30(26-17-9-4-10-18-26)22-25-15-7-3-8-16-25;1-18(22-23(2)20-13-7-4-8-14-20)21-15-9-10-16-24(21)17-19-11-5-3-6-12-19;1-18(21-15-9-10-16-23(21)2)22-24(20-13-7-4-8-14-20)17-19-11-5-3-6-12-19;1-18(22-23(2)21-13-7-4-8-14-21)20-12-9-15-24(17-20)16-19-10-5-3-6-11-19;1-13(14-8-7-11-17(2)12-14)16-18(3)15-9-5-4-6-10-15;1-13(15-11-7-8-12-17(15)2)16-18(3)14-9-5-4-6-10-14/h2-20H,21-22H2,1H3;2*3-16H,17H2,1-2H3;3-15,17H,16H2,1-2H3;2*4-12H,1-3H3/q6*+1/b;;;22-18+;16-13+;. The Hall–Kier alpha value is -16.9. The van der Waals surface area contributed by atoms with Crippen LogP contribution >= 0.6 is 0 Å². The van der Waals surface area contributed by atoms with Crippen LogP contribution in [0.5, 0.6) is 0 Å². The molecule has 0 amide bonds. The molecule has 138 heavy (non-hydrogen) atoms. The van der Waals surface area contributed by atoms with Gasteiger partial charge in [0.25, 0.3) is 0 Å². The van der Waals surface area contributed by atoms with E-state index in [1.54, 1.807) is 0 Å². The number of hydrogen-bond acceptors (Lipinski definition) is 12. The lowest BCUT2D eigenvalue weighted by Crippen LogP contribution is -2.40. The normalized spacial score (nSPS) is 11.3. The van der Waals surface area contributed by atoms with E-state index in [0.29, 0.717) is 6.54 Å². The van der Waals surface area contributed by atoms with E-state index in [9.17, 15) is 0 Å². The first kappa shape index (κ1) is 100. The molecule has 11 aromatic carbocycles. The number of pyridine rings is 6. The lowest BCUT2D eigenvalue weighted by atomic mass is 10.2. The number of aromatic nitrogens is 6. The smallest absolute Gasteiger partial charge is 0.228 e. The van der Waals surface area contributed by atoms with Gasteiger partial charge in [-0.05, 0) is 162 Å². The Balaban J connectivity index is 0.000000150. The SMILES string of the molecule is C/C(=N\N(C)c1ccccc1)c1ccc[n+](C)c1.C/C(=N\N(C)c1ccccc1)c1ccc[n+](Cc2ccccc2)c1.C/C(=N\N(C)c1ccccc1)c1cccc[n+]1C.C/C(=N\N(C)c1ccccc1)c1cccc[n+]1Cc1ccccc1.C/C(=N\N(Cc1ccccc1)c1ccccc1)c1cccc[n+]1C.C/C(=N\N(Cc1ccccc1)c1ccccc1)c1cccc[n+]1Cc1ccccc1. The molecule has 692 valence electrons. The monoisotopic (exact) mass is 1820 g/mol. The van der Waals surface area contributed by atoms with Crippen molar-refractivity contribution >= 4 is 68.4 Å². The van der Waals surface area contributed by atoms with Crippen LogP contribution in [0.1, 0.15) is 103 Å². The van der Waals surface area contributed by atoms with Gasteiger partial charge in [-0.15, -0.1) is 0 Å². The number of anilines is 6. The van der Waals surface area contributed by atoms with E-state index in [2.05, 4.69) is 344 Å². The largest absolute Gasteiger partial charge is 0.268 e. The number of benzene rings is 11. The van der Waals surface area contributed by atoms with Crippen molar-refractivity contribution in [2.45, 2.75) is 74.3 Å². The summed E-state index contributed by atoms with van der Waals surface area (Å²) in [5.41, 5.74) is 25.4. The van der Waals surface area contributed by atoms with Gasteiger partial charge in [-0.2, -0.15) is 48.9 Å². The minimum Gasteiger partial charge on any atom is -0.268 e. The van der Waals surface area contributed by atoms with Crippen LogP contribution in [0.25, 0.3) is 0 Å². The fraction of sp³-hybridized carbons (Fsp3) is 0.150. The van der Waals surface area contributed by atoms with Gasteiger partial charge in [0.2, 0.25) is 22.8 Å². The third kappa shape index (κ3) is 32.2. The average Bonchev–Trinajstić information content (AvgIpc) is 0.852. The number of para-hydroxylation sites is 6. The average molecular weight is 1820 g/mol. The van der Waals surface area contributed by atoms with Crippen molar-refractivity contribution in [1.82, 2.24) is 0 Å². The molecule has 0 bridgehead atoms. The first-order chi connectivity index (χ1) is 67.3. The Morgan fingerprint density at radius 3 is 0.783 bits per heavy atom. The number of nitrogens with zero attached hydrogens (tertiary/aromatic N) is 18. The summed E-state index contributed by atoms with van der Waals surface area (Å²) in [6, 6.07) is 147. The molecule has 0 aliphatic rings. The number of aryl methyl sites for hydroxylation is 3. The number of hydrogen-bond donors (Lipinski definition) is 0. The van der Waals surface area contributed by atoms with Crippen molar-refractivity contribution in [2.75, 3.05) is 58.2 Å². The van der Waals surface area contributed by atoms with E-state index in [4.69, 9.17) is 20.4 Å². The van der Waals surface area contributed by atoms with E-state index in [1.807, 2.05) is 295 Å². The molecule has 0 fully saturated rings. The lowest BCUT2D eigenvalue weighted by molar-refractivity contribution is -0.689. The van der Waals surface area contributed by atoms with E-state index in [1.165, 1.54) is 27.8 Å². The van der Waals surface area contributed by atoms with Crippen LogP contribution in [0.15, 0.2) is 511 Å². The molecule has 17 aromatic rings. The summed E-state index contributed by atoms with van der Waals surface area (Å²) in [7, 11) is 13.9. The highest BCUT2D eigenvalue weighted by Gasteiger charge is 2.20. The highest BCUT2D eigenvalue weighted by Crippen LogP contribution is 2.23. The highest BCUT2D eigenvalue weighted by molar-refractivity contribution is 6.00. The Labute approximate surface area is 816 Å². The van der Waals surface area contributed by atoms with Gasteiger partial charge in [0.1, 0.15) is 44.0 Å². The molecule has 0 saturated carbocycles. The van der Waals surface area contributed by atoms with E-state index in [-0.39, 0.29) is 0 Å². The molecule has 18 heteroatoms. The third-order valence-corrected chi connectivity index (χ3v) is 22.4. The zero-order valence-corrected chi connectivity index (χ0v) is 81.7. The summed E-state index contributed by atoms with van der Waals surface area (Å²) < 4.78 is 12.8. The molecular formula is C120H128N18+6. The Kier molecular flexibility index (Phi) is 39.0. The predicted octanol–water partition coefficient (Wildman–Crippen LogP) is 21.9. The zero-order chi connectivity index (χ0) is 96.8. The lowest BCUT2D eigenvalue weighted by Gasteiger charge is -2.20. The van der Waals surface area contributed by atoms with Gasteiger partial charge >= 0.3 is 0 Å². The molecule has 0 unspecified atom stereocenters. The van der Waals surface area contributed by atoms with Gasteiger partial charge in [-0.25, -0.2) is 9.13 Å². The van der Waals surface area contributed by atoms with Gasteiger partial charge in [0, 0.05) is 106 Å². The molecule has 6 aromatic heterocycles. The Morgan fingerprint density at radius 1 is 0.210 bits per heavy atom. The fourth-order valence-corrected chi connectivity index (χ4v) is 15.1. The topological polar surface area (TPSA) is 117 Å². The fourth-order valence-electron chi connectivity index (χ4n) is 15.1. The molecule has 0 N–H and O–H groups in total. The van der Waals surface area contributed by atoms with Crippen molar-refractivity contribution in [2.24, 2.45) is 51.8 Å². The van der Waals surface area contributed by atoms with Crippen LogP contribution in [0.3, 0.4) is 0 Å². The second-order valence-corrected chi connectivity index (χ2v) is 33.1. The summed E-state index contributed by atoms with van der Waals surface area (Å²) in [6.07, 6.45) is 16.6. The van der Waals surface area contributed by atoms with Crippen LogP contribution < -0.4 is 57.5 Å². The molecule has 0 aliphatic heterocycles. The van der Waals surface area contributed by atoms with Crippen molar-refractivity contribution in [3.05, 3.63) is 542 Å². The quantitative estimate of drug-likeness (QED) is 0.0274. The second-order valence-electron chi connectivity index (χ2n) is 33.1. The maximum atomic E-state index is 5.04. The van der Waals surface area contributed by atoms with E-state index < -0.39 is 0 Å². The molecule has 18 nitrogen and oxygen atoms in total. The van der Waals surface area contributed by atoms with Gasteiger partial charge < -0.3 is 0 Å². The number of hydrazone groups is 6. The number of rotatable bonds is 28. The molecule has 0 saturated heterocycles. The molecular weight excluding hydrogens is 1690 g/mol. The predicted molar refractivity (Wildman–Crippen MR) is 570 cm³/mol. The van der Waals surface area contributed by atoms with Crippen LogP contribution in [0, 0.1) is 0 Å². The van der Waals surface area contributed by atoms with Crippen molar-refractivity contribution in [3.63, 3.8) is 0 Å². The third-order valence-electron chi connectivity index (χ3n) is 22.4. The van der Waals surface area contributed by atoms with E-state index >= 15 is 0 Å². The first-order valence-corrected chi connectivity index (χ1v) is 46.5. The first-order valence-electron chi connectivity index (χ1n) is 46.5. The van der Waals surface area contributed by atoms with Gasteiger partial charge in [0.05, 0.1) is 69.8 Å². The molecule has 0 aliphatic carbocycles. The minimum atomic E-state index is 0.716. The Bertz CT molecular complexity index is 6700. The maximum Gasteiger partial charge on any atom is 0.228 e. The molecule has 6 heterocycles. The Morgan fingerprint density at radius 2 is 0.457 bits per heavy atom. The van der Waals surface area contributed by atoms with Gasteiger partial charge in [0.15, 0.2) is 69.2 Å².